The normalized spacial score (nSPS) is 29.4. The average Bonchev–Trinajstić information content (AvgIpc) is 3.20. The van der Waals surface area contributed by atoms with Crippen molar-refractivity contribution in [3.8, 4) is 0 Å². The molecule has 160 valence electrons. The number of rotatable bonds is 6. The van der Waals surface area contributed by atoms with Gasteiger partial charge < -0.3 is 19.9 Å². The smallest absolute Gasteiger partial charge is 0.407 e. The van der Waals surface area contributed by atoms with Gasteiger partial charge in [0.15, 0.2) is 5.82 Å². The average molecular weight is 413 g/mol. The van der Waals surface area contributed by atoms with Gasteiger partial charge in [-0.2, -0.15) is 5.10 Å². The van der Waals surface area contributed by atoms with E-state index in [2.05, 4.69) is 26.0 Å². The van der Waals surface area contributed by atoms with Crippen molar-refractivity contribution in [3.63, 3.8) is 0 Å². The molecule has 0 saturated heterocycles. The Morgan fingerprint density at radius 1 is 1.20 bits per heavy atom. The number of fused-ring (bicyclic) bond motifs is 1. The lowest BCUT2D eigenvalue weighted by atomic mass is 10.0. The molecule has 0 radical (unpaired) electrons. The summed E-state index contributed by atoms with van der Waals surface area (Å²) in [7, 11) is 0. The van der Waals surface area contributed by atoms with Crippen LogP contribution in [-0.4, -0.2) is 39.5 Å². The Bertz CT molecular complexity index is 927. The second kappa shape index (κ2) is 7.77. The van der Waals surface area contributed by atoms with Gasteiger partial charge in [0.1, 0.15) is 11.9 Å². The number of hydrogen-bond donors (Lipinski definition) is 3. The first-order valence-corrected chi connectivity index (χ1v) is 10.8. The maximum absolute atomic E-state index is 12.2. The van der Waals surface area contributed by atoms with Crippen LogP contribution < -0.4 is 10.6 Å². The van der Waals surface area contributed by atoms with Gasteiger partial charge in [-0.1, -0.05) is 5.16 Å². The highest BCUT2D eigenvalue weighted by Crippen LogP contribution is 2.51. The monoisotopic (exact) mass is 413 g/mol. The van der Waals surface area contributed by atoms with Crippen LogP contribution in [0.1, 0.15) is 61.6 Å². The van der Waals surface area contributed by atoms with Crippen molar-refractivity contribution in [2.75, 3.05) is 5.32 Å². The number of amides is 2. The highest BCUT2D eigenvalue weighted by atomic mass is 16.6. The summed E-state index contributed by atoms with van der Waals surface area (Å²) >= 11 is 0. The van der Waals surface area contributed by atoms with E-state index in [1.807, 2.05) is 13.0 Å². The topological polar surface area (TPSA) is 122 Å². The molecule has 3 fully saturated rings. The first kappa shape index (κ1) is 19.1. The van der Waals surface area contributed by atoms with Crippen molar-refractivity contribution < 1.29 is 18.8 Å². The molecule has 5 rings (SSSR count). The van der Waals surface area contributed by atoms with Gasteiger partial charge in [0.05, 0.1) is 12.1 Å². The number of carbonyl (C=O) groups excluding carboxylic acids is 2. The lowest BCUT2D eigenvalue weighted by molar-refractivity contribution is -0.115. The van der Waals surface area contributed by atoms with Gasteiger partial charge in [-0.3, -0.25) is 9.89 Å². The van der Waals surface area contributed by atoms with Crippen LogP contribution in [0.3, 0.4) is 0 Å². The fourth-order valence-corrected chi connectivity index (χ4v) is 4.97. The molecule has 30 heavy (non-hydrogen) atoms. The molecule has 9 nitrogen and oxygen atoms in total. The molecule has 4 atom stereocenters. The fourth-order valence-electron chi connectivity index (χ4n) is 4.97. The predicted octanol–water partition coefficient (Wildman–Crippen LogP) is 3.05. The zero-order chi connectivity index (χ0) is 20.7. The minimum absolute atomic E-state index is 0.0815. The van der Waals surface area contributed by atoms with Gasteiger partial charge in [-0.15, -0.1) is 0 Å². The summed E-state index contributed by atoms with van der Waals surface area (Å²) in [6.45, 7) is 1.81. The molecule has 2 amide bonds. The Hall–Kier alpha value is -2.84. The third-order valence-corrected chi connectivity index (χ3v) is 6.54. The van der Waals surface area contributed by atoms with Crippen LogP contribution in [0.2, 0.25) is 0 Å². The first-order chi connectivity index (χ1) is 14.5. The van der Waals surface area contributed by atoms with E-state index in [4.69, 9.17) is 9.26 Å². The van der Waals surface area contributed by atoms with Crippen LogP contribution in [0.15, 0.2) is 16.7 Å². The van der Waals surface area contributed by atoms with Gasteiger partial charge >= 0.3 is 6.09 Å². The Kier molecular flexibility index (Phi) is 4.96. The van der Waals surface area contributed by atoms with E-state index in [-0.39, 0.29) is 36.5 Å². The number of nitrogens with one attached hydrogen (secondary N) is 3. The third kappa shape index (κ3) is 4.34. The largest absolute Gasteiger partial charge is 0.446 e. The summed E-state index contributed by atoms with van der Waals surface area (Å²) in [5.74, 6) is 2.69. The molecule has 3 saturated carbocycles. The Morgan fingerprint density at radius 3 is 2.80 bits per heavy atom. The summed E-state index contributed by atoms with van der Waals surface area (Å²) < 4.78 is 10.7. The minimum Gasteiger partial charge on any atom is -0.446 e. The molecule has 0 aromatic carbocycles. The summed E-state index contributed by atoms with van der Waals surface area (Å²) in [6.07, 6.45) is 5.80. The number of carbonyl (C=O) groups is 2. The maximum atomic E-state index is 12.2. The molecular weight excluding hydrogens is 386 g/mol. The zero-order valence-electron chi connectivity index (χ0n) is 17.0. The van der Waals surface area contributed by atoms with E-state index in [9.17, 15) is 9.59 Å². The maximum Gasteiger partial charge on any atom is 0.407 e. The number of anilines is 1. The van der Waals surface area contributed by atoms with Crippen LogP contribution in [0.5, 0.6) is 0 Å². The molecule has 0 spiro atoms. The lowest BCUT2D eigenvalue weighted by Gasteiger charge is -2.17. The number of aromatic nitrogens is 3. The Morgan fingerprint density at radius 2 is 2.03 bits per heavy atom. The quantitative estimate of drug-likeness (QED) is 0.669. The summed E-state index contributed by atoms with van der Waals surface area (Å²) in [5.41, 5.74) is 1.69. The molecule has 3 aliphatic carbocycles. The van der Waals surface area contributed by atoms with Crippen LogP contribution in [0, 0.1) is 18.8 Å². The molecule has 2 heterocycles. The highest BCUT2D eigenvalue weighted by molar-refractivity contribution is 5.91. The van der Waals surface area contributed by atoms with Crippen molar-refractivity contribution in [2.24, 2.45) is 11.8 Å². The van der Waals surface area contributed by atoms with Crippen molar-refractivity contribution in [1.29, 1.82) is 0 Å². The molecule has 0 aliphatic heterocycles. The van der Waals surface area contributed by atoms with E-state index in [1.165, 1.54) is 6.42 Å². The number of nitrogens with zero attached hydrogens (tertiary/aromatic N) is 2. The van der Waals surface area contributed by atoms with E-state index in [0.29, 0.717) is 11.6 Å². The number of hydrogen-bond acceptors (Lipinski definition) is 6. The highest BCUT2D eigenvalue weighted by Gasteiger charge is 2.46. The number of aryl methyl sites for hydroxylation is 1. The molecule has 0 bridgehead atoms. The van der Waals surface area contributed by atoms with E-state index in [1.54, 1.807) is 6.07 Å². The van der Waals surface area contributed by atoms with Crippen LogP contribution in [-0.2, 0) is 16.0 Å². The minimum atomic E-state index is -0.285. The van der Waals surface area contributed by atoms with Gasteiger partial charge in [-0.25, -0.2) is 4.79 Å². The fraction of sp³-hybridized carbons (Fsp3) is 0.619. The molecule has 3 N–H and O–H groups in total. The second-order valence-corrected chi connectivity index (χ2v) is 8.97. The zero-order valence-corrected chi connectivity index (χ0v) is 17.0. The van der Waals surface area contributed by atoms with Gasteiger partial charge in [0, 0.05) is 29.8 Å². The van der Waals surface area contributed by atoms with Crippen molar-refractivity contribution in [1.82, 2.24) is 20.7 Å². The first-order valence-electron chi connectivity index (χ1n) is 10.8. The van der Waals surface area contributed by atoms with Gasteiger partial charge in [0.2, 0.25) is 5.91 Å². The second-order valence-electron chi connectivity index (χ2n) is 8.97. The van der Waals surface area contributed by atoms with E-state index >= 15 is 0 Å². The summed E-state index contributed by atoms with van der Waals surface area (Å²) in [5, 5.41) is 16.8. The van der Waals surface area contributed by atoms with E-state index in [0.717, 1.165) is 55.3 Å². The van der Waals surface area contributed by atoms with Gasteiger partial charge in [0.25, 0.3) is 0 Å². The SMILES string of the molecule is Cc1cc(CC(=O)Nc2cc([C@@H]3CC[C@@H](OC(=O)NC4CC5CC5C4)C3)[nH]n2)on1. The number of aromatic amines is 1. The number of ether oxygens (including phenoxy) is 1. The Balaban J connectivity index is 1.08. The molecular formula is C21H27N5O4. The summed E-state index contributed by atoms with van der Waals surface area (Å²) in [6, 6.07) is 3.87. The molecule has 2 aromatic heterocycles. The lowest BCUT2D eigenvalue weighted by Crippen LogP contribution is -2.36. The van der Waals surface area contributed by atoms with E-state index < -0.39 is 0 Å². The Labute approximate surface area is 174 Å². The third-order valence-electron chi connectivity index (χ3n) is 6.54. The molecule has 9 heteroatoms. The number of alkyl carbamates (subject to hydrolysis) is 1. The molecule has 2 unspecified atom stereocenters. The van der Waals surface area contributed by atoms with Crippen LogP contribution >= 0.6 is 0 Å². The van der Waals surface area contributed by atoms with Crippen LogP contribution in [0.25, 0.3) is 0 Å². The van der Waals surface area contributed by atoms with Crippen molar-refractivity contribution >= 4 is 17.8 Å². The standard InChI is InChI=1S/C21H27N5O4/c1-11-4-17(30-26-11)9-20(27)23-19-10-18(24-25-19)12-2-3-16(8-12)29-21(28)22-15-6-13-5-14(13)7-15/h4,10,12-16H,2-3,5-9H2,1H3,(H,22,28)(H2,23,24,25,27)/t12-,13?,14?,15?,16-/m1/s1. The summed E-state index contributed by atoms with van der Waals surface area (Å²) in [4.78, 5) is 24.3. The molecule has 3 aliphatic rings. The molecule has 2 aromatic rings. The predicted molar refractivity (Wildman–Crippen MR) is 107 cm³/mol. The van der Waals surface area contributed by atoms with Crippen molar-refractivity contribution in [2.45, 2.75) is 69.9 Å². The number of H-pyrrole nitrogens is 1. The van der Waals surface area contributed by atoms with Gasteiger partial charge in [-0.05, 0) is 57.3 Å². The van der Waals surface area contributed by atoms with Crippen molar-refractivity contribution in [3.05, 3.63) is 29.3 Å². The van der Waals surface area contributed by atoms with Crippen LogP contribution in [0.4, 0.5) is 10.6 Å².